The predicted octanol–water partition coefficient (Wildman–Crippen LogP) is 4.81. The average Bonchev–Trinajstić information content (AvgIpc) is 3.08. The summed E-state index contributed by atoms with van der Waals surface area (Å²) in [6.45, 7) is 8.96. The zero-order valence-corrected chi connectivity index (χ0v) is 17.0. The maximum atomic E-state index is 12.6. The van der Waals surface area contributed by atoms with E-state index in [1.807, 2.05) is 30.5 Å². The van der Waals surface area contributed by atoms with Gasteiger partial charge in [-0.3, -0.25) is 9.69 Å². The Hall–Kier alpha value is -2.46. The predicted molar refractivity (Wildman–Crippen MR) is 113 cm³/mol. The highest BCUT2D eigenvalue weighted by atomic mass is 16.1. The molecule has 4 nitrogen and oxygen atoms in total. The molecule has 1 fully saturated rings. The van der Waals surface area contributed by atoms with Gasteiger partial charge in [-0.15, -0.1) is 0 Å². The molecule has 1 aliphatic heterocycles. The van der Waals surface area contributed by atoms with Crippen LogP contribution in [0, 0.1) is 0 Å². The molecular weight excluding hydrogens is 346 g/mol. The van der Waals surface area contributed by atoms with Crippen molar-refractivity contribution in [2.24, 2.45) is 0 Å². The largest absolute Gasteiger partial charge is 0.343 e. The van der Waals surface area contributed by atoms with Crippen molar-refractivity contribution >= 4 is 16.8 Å². The number of H-pyrrole nitrogens is 1. The van der Waals surface area contributed by atoms with E-state index in [0.717, 1.165) is 38.1 Å². The lowest BCUT2D eigenvalue weighted by molar-refractivity contribution is -0.124. The molecule has 4 rings (SSSR count). The fourth-order valence-electron chi connectivity index (χ4n) is 4.68. The van der Waals surface area contributed by atoms with Crippen molar-refractivity contribution in [2.75, 3.05) is 13.1 Å². The van der Waals surface area contributed by atoms with Crippen molar-refractivity contribution in [3.8, 4) is 0 Å². The second-order valence-corrected chi connectivity index (χ2v) is 8.35. The maximum Gasteiger partial charge on any atom is 0.140 e. The number of carbonyl (C=O) groups excluding carboxylic acids is 1. The third-order valence-corrected chi connectivity index (χ3v) is 6.38. The lowest BCUT2D eigenvalue weighted by Gasteiger charge is -2.40. The van der Waals surface area contributed by atoms with E-state index in [2.05, 4.69) is 46.9 Å². The highest BCUT2D eigenvalue weighted by Gasteiger charge is 2.40. The first-order chi connectivity index (χ1) is 13.5. The number of pyridine rings is 1. The molecule has 0 atom stereocenters. The zero-order valence-electron chi connectivity index (χ0n) is 17.0. The number of rotatable bonds is 5. The van der Waals surface area contributed by atoms with Crippen LogP contribution in [0.5, 0.6) is 0 Å². The van der Waals surface area contributed by atoms with E-state index in [9.17, 15) is 4.79 Å². The van der Waals surface area contributed by atoms with E-state index in [1.54, 1.807) is 6.92 Å². The molecule has 0 saturated carbocycles. The van der Waals surface area contributed by atoms with Gasteiger partial charge >= 0.3 is 0 Å². The third-order valence-electron chi connectivity index (χ3n) is 6.38. The molecule has 2 aromatic heterocycles. The minimum atomic E-state index is -0.333. The molecule has 0 unspecified atom stereocenters. The van der Waals surface area contributed by atoms with Crippen molar-refractivity contribution in [3.05, 3.63) is 65.5 Å². The van der Waals surface area contributed by atoms with E-state index in [-0.39, 0.29) is 11.2 Å². The van der Waals surface area contributed by atoms with E-state index in [0.29, 0.717) is 5.92 Å². The Bertz CT molecular complexity index is 966. The van der Waals surface area contributed by atoms with Crippen LogP contribution in [0.2, 0.25) is 0 Å². The Labute approximate surface area is 167 Å². The van der Waals surface area contributed by atoms with Crippen LogP contribution in [0.25, 0.3) is 11.0 Å². The summed E-state index contributed by atoms with van der Waals surface area (Å²) in [4.78, 5) is 23.1. The van der Waals surface area contributed by atoms with Gasteiger partial charge in [-0.05, 0) is 62.0 Å². The number of fused-ring (bicyclic) bond motifs is 1. The van der Waals surface area contributed by atoms with E-state index >= 15 is 0 Å². The van der Waals surface area contributed by atoms with Crippen LogP contribution in [0.15, 0.2) is 48.7 Å². The van der Waals surface area contributed by atoms with Gasteiger partial charge in [-0.25, -0.2) is 4.98 Å². The molecule has 4 heteroatoms. The number of nitrogens with one attached hydrogen (secondary N) is 1. The van der Waals surface area contributed by atoms with Gasteiger partial charge in [-0.1, -0.05) is 44.2 Å². The summed E-state index contributed by atoms with van der Waals surface area (Å²) in [5.74, 6) is 0.715. The molecule has 0 spiro atoms. The van der Waals surface area contributed by atoms with Gasteiger partial charge in [0.2, 0.25) is 0 Å². The number of likely N-dealkylation sites (tertiary alicyclic amines) is 1. The molecule has 1 N–H and O–H groups in total. The highest BCUT2D eigenvalue weighted by Crippen LogP contribution is 2.37. The van der Waals surface area contributed by atoms with Gasteiger partial charge in [0.1, 0.15) is 11.4 Å². The highest BCUT2D eigenvalue weighted by molar-refractivity contribution is 5.88. The fraction of sp³-hybridized carbons (Fsp3) is 0.417. The lowest BCUT2D eigenvalue weighted by atomic mass is 9.70. The number of Topliss-reactive ketones (excluding diaryl/α,β-unsaturated/α-hetero) is 1. The van der Waals surface area contributed by atoms with Crippen LogP contribution in [-0.4, -0.2) is 33.7 Å². The van der Waals surface area contributed by atoms with Crippen LogP contribution in [-0.2, 0) is 16.8 Å². The van der Waals surface area contributed by atoms with Crippen LogP contribution in [0.3, 0.4) is 0 Å². The third kappa shape index (κ3) is 3.26. The fourth-order valence-corrected chi connectivity index (χ4v) is 4.68. The Balaban J connectivity index is 1.57. The second-order valence-electron chi connectivity index (χ2n) is 8.35. The molecule has 28 heavy (non-hydrogen) atoms. The summed E-state index contributed by atoms with van der Waals surface area (Å²) < 4.78 is 0. The number of aromatic nitrogens is 2. The summed E-state index contributed by atoms with van der Waals surface area (Å²) in [5, 5.41) is 1.22. The molecule has 1 saturated heterocycles. The zero-order chi connectivity index (χ0) is 19.7. The smallest absolute Gasteiger partial charge is 0.140 e. The molecule has 0 bridgehead atoms. The number of aromatic amines is 1. The molecule has 1 aromatic carbocycles. The van der Waals surface area contributed by atoms with E-state index < -0.39 is 0 Å². The molecule has 0 aliphatic carbocycles. The topological polar surface area (TPSA) is 49.0 Å². The first-order valence-electron chi connectivity index (χ1n) is 10.3. The number of ketones is 1. The van der Waals surface area contributed by atoms with Crippen LogP contribution in [0.4, 0.5) is 0 Å². The summed E-state index contributed by atoms with van der Waals surface area (Å²) >= 11 is 0. The number of hydrogen-bond acceptors (Lipinski definition) is 3. The van der Waals surface area contributed by atoms with Crippen molar-refractivity contribution in [1.29, 1.82) is 0 Å². The summed E-state index contributed by atoms with van der Waals surface area (Å²) in [6.07, 6.45) is 3.60. The number of piperidine rings is 1. The Morgan fingerprint density at radius 2 is 1.86 bits per heavy atom. The molecular formula is C24H29N3O. The first kappa shape index (κ1) is 18.9. The minimum Gasteiger partial charge on any atom is -0.343 e. The summed E-state index contributed by atoms with van der Waals surface area (Å²) in [5.41, 5.74) is 4.44. The molecule has 3 aromatic rings. The Morgan fingerprint density at radius 1 is 1.14 bits per heavy atom. The summed E-state index contributed by atoms with van der Waals surface area (Å²) in [7, 11) is 0. The SMILES string of the molecule is CC(=O)C1(c2ccccc2)CCN(Cc2c(C(C)C)[nH]c3ncccc23)CC1. The van der Waals surface area contributed by atoms with Crippen LogP contribution in [0.1, 0.15) is 56.4 Å². The Kier molecular flexibility index (Phi) is 5.07. The maximum absolute atomic E-state index is 12.6. The van der Waals surface area contributed by atoms with E-state index in [1.165, 1.54) is 22.2 Å². The summed E-state index contributed by atoms with van der Waals surface area (Å²) in [6, 6.07) is 14.5. The molecule has 1 aliphatic rings. The van der Waals surface area contributed by atoms with Crippen molar-refractivity contribution < 1.29 is 4.79 Å². The van der Waals surface area contributed by atoms with Gasteiger partial charge < -0.3 is 4.98 Å². The van der Waals surface area contributed by atoms with Gasteiger partial charge in [0.05, 0.1) is 5.41 Å². The number of carbonyl (C=O) groups is 1. The van der Waals surface area contributed by atoms with E-state index in [4.69, 9.17) is 0 Å². The standard InChI is InChI=1S/C24H29N3O/c1-17(2)22-21(20-10-7-13-25-23(20)26-22)16-27-14-11-24(12-15-27,18(3)28)19-8-5-4-6-9-19/h4-10,13,17H,11-12,14-16H2,1-3H3,(H,25,26). The van der Waals surface area contributed by atoms with Crippen LogP contribution < -0.4 is 0 Å². The van der Waals surface area contributed by atoms with Crippen LogP contribution >= 0.6 is 0 Å². The quantitative estimate of drug-likeness (QED) is 0.696. The number of hydrogen-bond donors (Lipinski definition) is 1. The van der Waals surface area contributed by atoms with Gasteiger partial charge in [0, 0.05) is 23.8 Å². The first-order valence-corrected chi connectivity index (χ1v) is 10.3. The molecule has 146 valence electrons. The molecule has 0 radical (unpaired) electrons. The van der Waals surface area contributed by atoms with Gasteiger partial charge in [-0.2, -0.15) is 0 Å². The number of nitrogens with zero attached hydrogens (tertiary/aromatic N) is 2. The van der Waals surface area contributed by atoms with Crippen molar-refractivity contribution in [1.82, 2.24) is 14.9 Å². The molecule has 3 heterocycles. The normalized spacial score (nSPS) is 17.3. The second kappa shape index (κ2) is 7.51. The number of benzene rings is 1. The van der Waals surface area contributed by atoms with Crippen molar-refractivity contribution in [2.45, 2.75) is 51.5 Å². The van der Waals surface area contributed by atoms with Crippen molar-refractivity contribution in [3.63, 3.8) is 0 Å². The Morgan fingerprint density at radius 3 is 2.50 bits per heavy atom. The average molecular weight is 376 g/mol. The van der Waals surface area contributed by atoms with Gasteiger partial charge in [0.25, 0.3) is 0 Å². The lowest BCUT2D eigenvalue weighted by Crippen LogP contribution is -2.46. The molecule has 0 amide bonds. The minimum absolute atomic E-state index is 0.289. The van der Waals surface area contributed by atoms with Gasteiger partial charge in [0.15, 0.2) is 0 Å². The monoisotopic (exact) mass is 375 g/mol.